The van der Waals surface area contributed by atoms with E-state index < -0.39 is 0 Å². The molecule has 53 heavy (non-hydrogen) atoms. The Morgan fingerprint density at radius 1 is 0.679 bits per heavy atom. The van der Waals surface area contributed by atoms with E-state index in [1.165, 1.54) is 51.4 Å². The van der Waals surface area contributed by atoms with Crippen LogP contribution in [-0.4, -0.2) is 42.0 Å². The van der Waals surface area contributed by atoms with Gasteiger partial charge in [0.15, 0.2) is 5.82 Å². The third-order valence-corrected chi connectivity index (χ3v) is 10.6. The van der Waals surface area contributed by atoms with E-state index >= 15 is 0 Å². The molecular weight excluding hydrogens is 722 g/mol. The lowest BCUT2D eigenvalue weighted by Crippen LogP contribution is -2.15. The van der Waals surface area contributed by atoms with Gasteiger partial charge in [-0.15, -0.1) is 0 Å². The average molecular weight is 767 g/mol. The predicted octanol–water partition coefficient (Wildman–Crippen LogP) is 10.3. The molecule has 10 heteroatoms. The number of nitrogens with zero attached hydrogens (tertiary/aromatic N) is 6. The summed E-state index contributed by atoms with van der Waals surface area (Å²) in [7, 11) is 0. The maximum absolute atomic E-state index is 5.11. The largest absolute Gasteiger partial charge is 0.382 e. The number of aliphatic imine (C=N–C) groups is 1. The van der Waals surface area contributed by atoms with Crippen molar-refractivity contribution in [1.29, 1.82) is 0 Å². The molecule has 5 heterocycles. The zero-order valence-electron chi connectivity index (χ0n) is 29.7. The standard InChI is InChI=1S/C25H24N4.C18H20BrN5/c1-3-9-19(10-4-1)25(20-11-5-2-6-12-20)28-24-18-22(27-21-13-7-8-14-21)17-23-15-16-26-29(23)24;19-16-12-22-24-17(16)8-15(23-14-5-1-2-6-14)9-18(24)21-11-13-4-3-7-20-10-13/h1-6,9-12,15-18,21,27H,7-8,13-14H2;3-4,7-10,12,14,21,23H,1-2,5-6,11H2. The maximum Gasteiger partial charge on any atom is 0.156 e. The van der Waals surface area contributed by atoms with E-state index in [9.17, 15) is 0 Å². The molecule has 2 saturated carbocycles. The summed E-state index contributed by atoms with van der Waals surface area (Å²) in [5.41, 5.74) is 8.64. The molecule has 9 nitrogen and oxygen atoms in total. The normalized spacial score (nSPS) is 14.6. The van der Waals surface area contributed by atoms with Crippen LogP contribution in [0.15, 0.2) is 137 Å². The summed E-state index contributed by atoms with van der Waals surface area (Å²) < 4.78 is 4.84. The lowest BCUT2D eigenvalue weighted by atomic mass is 10.0. The van der Waals surface area contributed by atoms with Crippen LogP contribution in [0.2, 0.25) is 0 Å². The second-order valence-corrected chi connectivity index (χ2v) is 14.7. The number of rotatable bonds is 10. The van der Waals surface area contributed by atoms with Gasteiger partial charge in [-0.1, -0.05) is 92.4 Å². The number of pyridine rings is 3. The van der Waals surface area contributed by atoms with Crippen molar-refractivity contribution >= 4 is 55.7 Å². The molecule has 0 saturated heterocycles. The lowest BCUT2D eigenvalue weighted by Gasteiger charge is -2.16. The summed E-state index contributed by atoms with van der Waals surface area (Å²) in [5.74, 6) is 1.80. The van der Waals surface area contributed by atoms with Crippen molar-refractivity contribution in [2.75, 3.05) is 16.0 Å². The van der Waals surface area contributed by atoms with Crippen LogP contribution in [-0.2, 0) is 6.54 Å². The van der Waals surface area contributed by atoms with E-state index in [0.29, 0.717) is 18.6 Å². The highest BCUT2D eigenvalue weighted by Crippen LogP contribution is 2.30. The molecule has 0 bridgehead atoms. The second-order valence-electron chi connectivity index (χ2n) is 13.8. The number of benzene rings is 2. The molecule has 3 N–H and O–H groups in total. The molecule has 9 rings (SSSR count). The Labute approximate surface area is 318 Å². The molecule has 2 fully saturated rings. The van der Waals surface area contributed by atoms with E-state index in [-0.39, 0.29) is 0 Å². The zero-order valence-corrected chi connectivity index (χ0v) is 31.3. The van der Waals surface area contributed by atoms with Crippen LogP contribution < -0.4 is 16.0 Å². The summed E-state index contributed by atoms with van der Waals surface area (Å²) in [6, 6.07) is 36.4. The fourth-order valence-electron chi connectivity index (χ4n) is 7.35. The van der Waals surface area contributed by atoms with Crippen LogP contribution >= 0.6 is 15.9 Å². The van der Waals surface area contributed by atoms with Gasteiger partial charge in [0.25, 0.3) is 0 Å². The molecule has 0 atom stereocenters. The number of hydrogen-bond donors (Lipinski definition) is 3. The summed E-state index contributed by atoms with van der Waals surface area (Å²) in [6.07, 6.45) is 17.6. The molecule has 268 valence electrons. The van der Waals surface area contributed by atoms with Gasteiger partial charge in [0.1, 0.15) is 5.82 Å². The van der Waals surface area contributed by atoms with Crippen molar-refractivity contribution in [1.82, 2.24) is 24.2 Å². The molecule has 2 aliphatic rings. The molecule has 0 aliphatic heterocycles. The first-order chi connectivity index (χ1) is 26.2. The minimum Gasteiger partial charge on any atom is -0.382 e. The van der Waals surface area contributed by atoms with E-state index in [4.69, 9.17) is 4.99 Å². The van der Waals surface area contributed by atoms with Gasteiger partial charge in [0.05, 0.1) is 33.6 Å². The highest BCUT2D eigenvalue weighted by atomic mass is 79.9. The van der Waals surface area contributed by atoms with Gasteiger partial charge in [0.2, 0.25) is 0 Å². The molecule has 0 unspecified atom stereocenters. The Morgan fingerprint density at radius 2 is 1.34 bits per heavy atom. The van der Waals surface area contributed by atoms with Crippen molar-refractivity contribution in [2.24, 2.45) is 4.99 Å². The lowest BCUT2D eigenvalue weighted by molar-refractivity contribution is 0.755. The molecule has 7 aromatic rings. The van der Waals surface area contributed by atoms with E-state index in [0.717, 1.165) is 60.9 Å². The molecular formula is C43H44BrN9. The molecule has 2 aliphatic carbocycles. The Bertz CT molecular complexity index is 2230. The number of anilines is 3. The summed E-state index contributed by atoms with van der Waals surface area (Å²) in [6.45, 7) is 0.716. The fourth-order valence-corrected chi connectivity index (χ4v) is 7.73. The van der Waals surface area contributed by atoms with Gasteiger partial charge < -0.3 is 16.0 Å². The zero-order chi connectivity index (χ0) is 35.8. The highest BCUT2D eigenvalue weighted by Gasteiger charge is 2.18. The van der Waals surface area contributed by atoms with Gasteiger partial charge in [0, 0.05) is 65.7 Å². The van der Waals surface area contributed by atoms with Gasteiger partial charge in [-0.25, -0.2) is 14.0 Å². The molecule has 2 aromatic carbocycles. The highest BCUT2D eigenvalue weighted by molar-refractivity contribution is 9.10. The Hall–Kier alpha value is -5.48. The average Bonchev–Trinajstić information content (AvgIpc) is 4.05. The first kappa shape index (κ1) is 34.6. The van der Waals surface area contributed by atoms with E-state index in [2.05, 4.69) is 126 Å². The third kappa shape index (κ3) is 8.44. The van der Waals surface area contributed by atoms with Crippen LogP contribution in [0.25, 0.3) is 11.0 Å². The van der Waals surface area contributed by atoms with Gasteiger partial charge in [-0.2, -0.15) is 10.2 Å². The first-order valence-corrected chi connectivity index (χ1v) is 19.5. The summed E-state index contributed by atoms with van der Waals surface area (Å²) in [5, 5.41) is 19.8. The molecule has 5 aromatic heterocycles. The van der Waals surface area contributed by atoms with Crippen LogP contribution in [0.5, 0.6) is 0 Å². The Morgan fingerprint density at radius 3 is 1.98 bits per heavy atom. The van der Waals surface area contributed by atoms with Crippen molar-refractivity contribution in [3.63, 3.8) is 0 Å². The van der Waals surface area contributed by atoms with Crippen molar-refractivity contribution in [2.45, 2.75) is 70.0 Å². The van der Waals surface area contributed by atoms with Crippen LogP contribution in [0.1, 0.15) is 68.1 Å². The Balaban J connectivity index is 0.000000154. The van der Waals surface area contributed by atoms with Crippen LogP contribution in [0.3, 0.4) is 0 Å². The third-order valence-electron chi connectivity index (χ3n) is 10.0. The van der Waals surface area contributed by atoms with Crippen LogP contribution in [0.4, 0.5) is 23.0 Å². The van der Waals surface area contributed by atoms with Crippen molar-refractivity contribution < 1.29 is 0 Å². The SMILES string of the molecule is Brc1cnn2c(NCc3cccnc3)cc(NC3CCCC3)cc12.c1ccc(C(=Nc2cc(NC3CCCC3)cc3ccnn23)c2ccccc2)cc1. The maximum atomic E-state index is 5.11. The number of halogens is 1. The van der Waals surface area contributed by atoms with E-state index in [1.807, 2.05) is 51.9 Å². The molecule has 0 radical (unpaired) electrons. The number of aromatic nitrogens is 5. The number of nitrogens with one attached hydrogen (secondary N) is 3. The smallest absolute Gasteiger partial charge is 0.156 e. The monoisotopic (exact) mass is 765 g/mol. The first-order valence-electron chi connectivity index (χ1n) is 18.7. The number of fused-ring (bicyclic) bond motifs is 2. The number of hydrogen-bond acceptors (Lipinski definition) is 7. The fraction of sp³-hybridized carbons (Fsp3) is 0.256. The van der Waals surface area contributed by atoms with Gasteiger partial charge in [-0.3, -0.25) is 4.98 Å². The predicted molar refractivity (Wildman–Crippen MR) is 220 cm³/mol. The van der Waals surface area contributed by atoms with E-state index in [1.54, 1.807) is 6.20 Å². The van der Waals surface area contributed by atoms with Crippen molar-refractivity contribution in [3.8, 4) is 0 Å². The molecule has 0 amide bonds. The van der Waals surface area contributed by atoms with Crippen molar-refractivity contribution in [3.05, 3.63) is 149 Å². The van der Waals surface area contributed by atoms with Crippen LogP contribution in [0, 0.1) is 0 Å². The second kappa shape index (κ2) is 16.5. The summed E-state index contributed by atoms with van der Waals surface area (Å²) in [4.78, 5) is 9.28. The van der Waals surface area contributed by atoms with Gasteiger partial charge in [-0.05, 0) is 71.4 Å². The minimum absolute atomic E-state index is 0.555. The molecule has 0 spiro atoms. The van der Waals surface area contributed by atoms with Gasteiger partial charge >= 0.3 is 0 Å². The Kier molecular flexibility index (Phi) is 10.7. The summed E-state index contributed by atoms with van der Waals surface area (Å²) >= 11 is 3.60. The quantitative estimate of drug-likeness (QED) is 0.120. The topological polar surface area (TPSA) is 95.9 Å². The minimum atomic E-state index is 0.555.